The molecule has 0 aliphatic carbocycles. The quantitative estimate of drug-likeness (QED) is 0.867. The van der Waals surface area contributed by atoms with Crippen molar-refractivity contribution in [1.29, 1.82) is 0 Å². The fourth-order valence-corrected chi connectivity index (χ4v) is 3.45. The number of hydrogen-bond acceptors (Lipinski definition) is 7. The van der Waals surface area contributed by atoms with Gasteiger partial charge in [-0.3, -0.25) is 4.90 Å². The first-order chi connectivity index (χ1) is 12.7. The summed E-state index contributed by atoms with van der Waals surface area (Å²) in [6, 6.07) is 8.40. The highest BCUT2D eigenvalue weighted by atomic mass is 16.7. The SMILES string of the molecule is COc1cc([C@H](c2cc3c(cc2O)OCO3)N2CCOCC2)ccc1O. The average molecular weight is 359 g/mol. The van der Waals surface area contributed by atoms with Crippen molar-refractivity contribution in [3.05, 3.63) is 41.5 Å². The Kier molecular flexibility index (Phi) is 4.48. The number of phenolic OH excluding ortho intramolecular Hbond substituents is 2. The van der Waals surface area contributed by atoms with Crippen LogP contribution >= 0.6 is 0 Å². The third kappa shape index (κ3) is 3.00. The molecule has 0 bridgehead atoms. The van der Waals surface area contributed by atoms with E-state index in [0.717, 1.165) is 18.7 Å². The van der Waals surface area contributed by atoms with Crippen molar-refractivity contribution in [2.45, 2.75) is 6.04 Å². The van der Waals surface area contributed by atoms with Gasteiger partial charge in [0, 0.05) is 24.7 Å². The molecule has 0 spiro atoms. The van der Waals surface area contributed by atoms with Gasteiger partial charge in [-0.05, 0) is 23.8 Å². The molecule has 2 aliphatic rings. The summed E-state index contributed by atoms with van der Waals surface area (Å²) in [5.74, 6) is 1.75. The van der Waals surface area contributed by atoms with Crippen LogP contribution in [-0.4, -0.2) is 55.3 Å². The van der Waals surface area contributed by atoms with Crippen LogP contribution in [0.5, 0.6) is 28.7 Å². The summed E-state index contributed by atoms with van der Waals surface area (Å²) in [6.45, 7) is 2.84. The van der Waals surface area contributed by atoms with Crippen molar-refractivity contribution in [3.8, 4) is 28.7 Å². The lowest BCUT2D eigenvalue weighted by Crippen LogP contribution is -2.39. The highest BCUT2D eigenvalue weighted by Gasteiger charge is 2.29. The van der Waals surface area contributed by atoms with E-state index >= 15 is 0 Å². The van der Waals surface area contributed by atoms with Crippen LogP contribution in [0.2, 0.25) is 0 Å². The number of rotatable bonds is 4. The van der Waals surface area contributed by atoms with E-state index in [1.165, 1.54) is 7.11 Å². The van der Waals surface area contributed by atoms with Gasteiger partial charge in [-0.1, -0.05) is 6.07 Å². The Morgan fingerprint density at radius 3 is 2.46 bits per heavy atom. The minimum absolute atomic E-state index is 0.0758. The largest absolute Gasteiger partial charge is 0.507 e. The van der Waals surface area contributed by atoms with Crippen LogP contribution in [0.4, 0.5) is 0 Å². The smallest absolute Gasteiger partial charge is 0.231 e. The van der Waals surface area contributed by atoms with Gasteiger partial charge < -0.3 is 29.2 Å². The number of ether oxygens (including phenoxy) is 4. The Morgan fingerprint density at radius 1 is 1.00 bits per heavy atom. The normalized spacial score (nSPS) is 17.9. The molecule has 7 heteroatoms. The van der Waals surface area contributed by atoms with Crippen LogP contribution in [0, 0.1) is 0 Å². The maximum absolute atomic E-state index is 10.6. The lowest BCUT2D eigenvalue weighted by Gasteiger charge is -2.35. The van der Waals surface area contributed by atoms with E-state index in [0.29, 0.717) is 36.0 Å². The van der Waals surface area contributed by atoms with Crippen LogP contribution in [0.25, 0.3) is 0 Å². The Balaban J connectivity index is 1.81. The Hall–Kier alpha value is -2.64. The molecule has 2 heterocycles. The third-order valence-corrected chi connectivity index (χ3v) is 4.75. The number of morpholine rings is 1. The van der Waals surface area contributed by atoms with Gasteiger partial charge in [-0.2, -0.15) is 0 Å². The summed E-state index contributed by atoms with van der Waals surface area (Å²) < 4.78 is 21.6. The molecule has 2 aromatic rings. The van der Waals surface area contributed by atoms with Crippen molar-refractivity contribution in [3.63, 3.8) is 0 Å². The van der Waals surface area contributed by atoms with Crippen molar-refractivity contribution < 1.29 is 29.2 Å². The summed E-state index contributed by atoms with van der Waals surface area (Å²) in [5.41, 5.74) is 1.61. The van der Waals surface area contributed by atoms with E-state index in [1.807, 2.05) is 12.1 Å². The first kappa shape index (κ1) is 16.8. The standard InChI is InChI=1S/C19H21NO6/c1-23-16-8-12(2-3-14(16)21)19(20-4-6-24-7-5-20)13-9-17-18(10-15(13)22)26-11-25-17/h2-3,8-10,19,21-22H,4-7,11H2,1H3/t19-/m1/s1. The van der Waals surface area contributed by atoms with Gasteiger partial charge >= 0.3 is 0 Å². The second-order valence-electron chi connectivity index (χ2n) is 6.25. The molecule has 0 unspecified atom stereocenters. The predicted octanol–water partition coefficient (Wildman–Crippen LogP) is 2.26. The second kappa shape index (κ2) is 6.93. The zero-order chi connectivity index (χ0) is 18.1. The zero-order valence-electron chi connectivity index (χ0n) is 14.5. The fourth-order valence-electron chi connectivity index (χ4n) is 3.45. The van der Waals surface area contributed by atoms with E-state index in [2.05, 4.69) is 4.90 Å². The molecule has 2 N–H and O–H groups in total. The molecule has 7 nitrogen and oxygen atoms in total. The summed E-state index contributed by atoms with van der Waals surface area (Å²) >= 11 is 0. The van der Waals surface area contributed by atoms with Crippen LogP contribution < -0.4 is 14.2 Å². The molecule has 4 rings (SSSR count). The van der Waals surface area contributed by atoms with Gasteiger partial charge in [0.1, 0.15) is 5.75 Å². The van der Waals surface area contributed by atoms with Gasteiger partial charge in [0.15, 0.2) is 23.0 Å². The van der Waals surface area contributed by atoms with Gasteiger partial charge in [0.05, 0.1) is 26.4 Å². The number of aromatic hydroxyl groups is 2. The molecule has 1 fully saturated rings. The molecule has 0 saturated carbocycles. The molecule has 2 aliphatic heterocycles. The number of fused-ring (bicyclic) bond motifs is 1. The van der Waals surface area contributed by atoms with Crippen molar-refractivity contribution >= 4 is 0 Å². The van der Waals surface area contributed by atoms with E-state index < -0.39 is 0 Å². The van der Waals surface area contributed by atoms with Gasteiger partial charge in [-0.25, -0.2) is 0 Å². The number of hydrogen-bond donors (Lipinski definition) is 2. The molecule has 0 aromatic heterocycles. The number of methoxy groups -OCH3 is 1. The van der Waals surface area contributed by atoms with Crippen molar-refractivity contribution in [2.75, 3.05) is 40.2 Å². The van der Waals surface area contributed by atoms with Gasteiger partial charge in [-0.15, -0.1) is 0 Å². The Morgan fingerprint density at radius 2 is 1.73 bits per heavy atom. The first-order valence-electron chi connectivity index (χ1n) is 8.48. The number of nitrogens with zero attached hydrogens (tertiary/aromatic N) is 1. The highest BCUT2D eigenvalue weighted by molar-refractivity contribution is 5.55. The fraction of sp³-hybridized carbons (Fsp3) is 0.368. The maximum atomic E-state index is 10.6. The van der Waals surface area contributed by atoms with Crippen molar-refractivity contribution in [1.82, 2.24) is 4.90 Å². The van der Waals surface area contributed by atoms with Crippen LogP contribution in [0.3, 0.4) is 0 Å². The zero-order valence-corrected chi connectivity index (χ0v) is 14.5. The third-order valence-electron chi connectivity index (χ3n) is 4.75. The molecular formula is C19H21NO6. The second-order valence-corrected chi connectivity index (χ2v) is 6.25. The monoisotopic (exact) mass is 359 g/mol. The first-order valence-corrected chi connectivity index (χ1v) is 8.48. The summed E-state index contributed by atoms with van der Waals surface area (Å²) in [4.78, 5) is 2.23. The molecule has 2 aromatic carbocycles. The summed E-state index contributed by atoms with van der Waals surface area (Å²) in [7, 11) is 1.51. The maximum Gasteiger partial charge on any atom is 0.231 e. The minimum atomic E-state index is -0.233. The molecule has 138 valence electrons. The lowest BCUT2D eigenvalue weighted by molar-refractivity contribution is 0.0235. The van der Waals surface area contributed by atoms with Gasteiger partial charge in [0.25, 0.3) is 0 Å². The lowest BCUT2D eigenvalue weighted by atomic mass is 9.95. The topological polar surface area (TPSA) is 80.6 Å². The van der Waals surface area contributed by atoms with Crippen LogP contribution in [0.1, 0.15) is 17.2 Å². The highest BCUT2D eigenvalue weighted by Crippen LogP contribution is 2.44. The van der Waals surface area contributed by atoms with E-state index in [1.54, 1.807) is 18.2 Å². The molecule has 1 saturated heterocycles. The van der Waals surface area contributed by atoms with E-state index in [9.17, 15) is 10.2 Å². The molecule has 1 atom stereocenters. The number of phenols is 2. The molecule has 0 radical (unpaired) electrons. The number of benzene rings is 2. The molecule has 26 heavy (non-hydrogen) atoms. The average Bonchev–Trinajstić information content (AvgIpc) is 3.11. The van der Waals surface area contributed by atoms with Crippen molar-refractivity contribution in [2.24, 2.45) is 0 Å². The Labute approximate surface area is 151 Å². The molecule has 0 amide bonds. The van der Waals surface area contributed by atoms with Gasteiger partial charge in [0.2, 0.25) is 6.79 Å². The van der Waals surface area contributed by atoms with E-state index in [-0.39, 0.29) is 24.3 Å². The summed E-state index contributed by atoms with van der Waals surface area (Å²) in [6.07, 6.45) is 0. The summed E-state index contributed by atoms with van der Waals surface area (Å²) in [5, 5.41) is 20.6. The minimum Gasteiger partial charge on any atom is -0.507 e. The Bertz CT molecular complexity index is 803. The molecular weight excluding hydrogens is 338 g/mol. The van der Waals surface area contributed by atoms with Crippen LogP contribution in [-0.2, 0) is 4.74 Å². The van der Waals surface area contributed by atoms with E-state index in [4.69, 9.17) is 18.9 Å². The predicted molar refractivity (Wildman–Crippen MR) is 93.1 cm³/mol. The van der Waals surface area contributed by atoms with Crippen LogP contribution in [0.15, 0.2) is 30.3 Å².